The van der Waals surface area contributed by atoms with E-state index in [-0.39, 0.29) is 17.2 Å². The van der Waals surface area contributed by atoms with Crippen molar-refractivity contribution >= 4 is 27.3 Å². The molecular weight excluding hydrogens is 372 g/mol. The summed E-state index contributed by atoms with van der Waals surface area (Å²) in [5.74, 6) is 4.87. The predicted molar refractivity (Wildman–Crippen MR) is 102 cm³/mol. The average Bonchev–Trinajstić information content (AvgIpc) is 3.02. The van der Waals surface area contributed by atoms with Crippen LogP contribution in [0.1, 0.15) is 16.9 Å². The number of carboxylic acid groups (broad SMARTS) is 1. The monoisotopic (exact) mass is 392 g/mol. The third-order valence-corrected chi connectivity index (χ3v) is 6.29. The molecule has 0 radical (unpaired) electrons. The average molecular weight is 393 g/mol. The Hall–Kier alpha value is -2.18. The molecular formula is C18H20N2O4S2. The van der Waals surface area contributed by atoms with Crippen LogP contribution < -0.4 is 4.72 Å². The second-order valence-corrected chi connectivity index (χ2v) is 8.94. The lowest BCUT2D eigenvalue weighted by Gasteiger charge is -2.20. The maximum Gasteiger partial charge on any atom is 0.305 e. The minimum atomic E-state index is -3.80. The Morgan fingerprint density at radius 2 is 1.88 bits per heavy atom. The van der Waals surface area contributed by atoms with E-state index in [9.17, 15) is 13.2 Å². The minimum Gasteiger partial charge on any atom is -0.481 e. The van der Waals surface area contributed by atoms with E-state index in [2.05, 4.69) is 16.6 Å². The van der Waals surface area contributed by atoms with E-state index in [1.54, 1.807) is 25.1 Å². The van der Waals surface area contributed by atoms with E-state index in [1.165, 1.54) is 6.07 Å². The Labute approximate surface area is 157 Å². The number of aliphatic carboxylic acids is 1. The quantitative estimate of drug-likeness (QED) is 0.702. The fraction of sp³-hybridized carbons (Fsp3) is 0.278. The van der Waals surface area contributed by atoms with Gasteiger partial charge in [0.2, 0.25) is 10.0 Å². The molecule has 26 heavy (non-hydrogen) atoms. The van der Waals surface area contributed by atoms with E-state index in [1.807, 2.05) is 30.3 Å². The molecule has 0 aliphatic heterocycles. The maximum absolute atomic E-state index is 12.5. The summed E-state index contributed by atoms with van der Waals surface area (Å²) in [4.78, 5) is 13.3. The lowest BCUT2D eigenvalue weighted by Crippen LogP contribution is -2.42. The van der Waals surface area contributed by atoms with Crippen LogP contribution in [-0.2, 0) is 14.8 Å². The number of nitrogens with one attached hydrogen (secondary N) is 1. The highest BCUT2D eigenvalue weighted by atomic mass is 32.2. The summed E-state index contributed by atoms with van der Waals surface area (Å²) in [5, 5.41) is 8.98. The number of rotatable bonds is 7. The lowest BCUT2D eigenvalue weighted by atomic mass is 10.2. The van der Waals surface area contributed by atoms with Gasteiger partial charge in [0.25, 0.3) is 0 Å². The fourth-order valence-electron chi connectivity index (χ4n) is 2.26. The van der Waals surface area contributed by atoms with Gasteiger partial charge >= 0.3 is 5.97 Å². The summed E-state index contributed by atoms with van der Waals surface area (Å²) in [6, 6.07) is 11.8. The number of sulfonamides is 1. The number of nitrogens with zero attached hydrogens (tertiary/aromatic N) is 1. The molecule has 138 valence electrons. The number of carbonyl (C=O) groups is 1. The Morgan fingerprint density at radius 1 is 1.19 bits per heavy atom. The first-order valence-electron chi connectivity index (χ1n) is 7.82. The van der Waals surface area contributed by atoms with Crippen molar-refractivity contribution in [2.24, 2.45) is 0 Å². The summed E-state index contributed by atoms with van der Waals surface area (Å²) in [6.07, 6.45) is -0.288. The number of carboxylic acids is 1. The van der Waals surface area contributed by atoms with Crippen LogP contribution in [0.25, 0.3) is 0 Å². The molecule has 2 aromatic rings. The van der Waals surface area contributed by atoms with Gasteiger partial charge in [-0.05, 0) is 38.4 Å². The summed E-state index contributed by atoms with van der Waals surface area (Å²) in [6.45, 7) is 0.289. The standard InChI is InChI=1S/C18H20N2O4S2/c1-20(2)13-15(12-17(21)22)19-26(23,24)18-11-10-16(25-18)9-8-14-6-4-3-5-7-14/h3-7,10-11,15,19H,12-13H2,1-2H3,(H,21,22). The molecule has 6 nitrogen and oxygen atoms in total. The fourth-order valence-corrected chi connectivity index (χ4v) is 4.66. The van der Waals surface area contributed by atoms with E-state index in [4.69, 9.17) is 5.11 Å². The zero-order valence-electron chi connectivity index (χ0n) is 14.5. The van der Waals surface area contributed by atoms with Gasteiger partial charge in [-0.1, -0.05) is 30.0 Å². The zero-order chi connectivity index (χ0) is 19.2. The second-order valence-electron chi connectivity index (χ2n) is 5.91. The summed E-state index contributed by atoms with van der Waals surface area (Å²) in [5.41, 5.74) is 0.843. The first-order valence-corrected chi connectivity index (χ1v) is 10.1. The number of likely N-dealkylation sites (N-methyl/N-ethyl adjacent to an activating group) is 1. The topological polar surface area (TPSA) is 86.7 Å². The van der Waals surface area contributed by atoms with Gasteiger partial charge in [0.05, 0.1) is 11.3 Å². The first-order chi connectivity index (χ1) is 12.3. The number of benzene rings is 1. The van der Waals surface area contributed by atoms with Crippen LogP contribution in [0.15, 0.2) is 46.7 Å². The van der Waals surface area contributed by atoms with Crippen LogP contribution in [0.2, 0.25) is 0 Å². The highest BCUT2D eigenvalue weighted by Gasteiger charge is 2.24. The van der Waals surface area contributed by atoms with Gasteiger partial charge < -0.3 is 10.0 Å². The van der Waals surface area contributed by atoms with Gasteiger partial charge in [-0.15, -0.1) is 11.3 Å². The number of thiophene rings is 1. The van der Waals surface area contributed by atoms with Crippen molar-refractivity contribution in [1.82, 2.24) is 9.62 Å². The van der Waals surface area contributed by atoms with Crippen LogP contribution in [0.4, 0.5) is 0 Å². The van der Waals surface area contributed by atoms with Crippen molar-refractivity contribution in [3.8, 4) is 11.8 Å². The van der Waals surface area contributed by atoms with Crippen molar-refractivity contribution in [3.63, 3.8) is 0 Å². The van der Waals surface area contributed by atoms with Gasteiger partial charge in [0.1, 0.15) is 4.21 Å². The second kappa shape index (κ2) is 8.96. The van der Waals surface area contributed by atoms with Crippen molar-refractivity contribution in [1.29, 1.82) is 0 Å². The Kier molecular flexibility index (Phi) is 6.94. The largest absolute Gasteiger partial charge is 0.481 e. The zero-order valence-corrected chi connectivity index (χ0v) is 16.1. The lowest BCUT2D eigenvalue weighted by molar-refractivity contribution is -0.137. The molecule has 8 heteroatoms. The van der Waals surface area contributed by atoms with E-state index < -0.39 is 22.0 Å². The molecule has 0 bridgehead atoms. The van der Waals surface area contributed by atoms with Crippen LogP contribution in [0, 0.1) is 11.8 Å². The van der Waals surface area contributed by atoms with Gasteiger partial charge in [-0.3, -0.25) is 4.79 Å². The molecule has 2 N–H and O–H groups in total. The third kappa shape index (κ3) is 6.28. The highest BCUT2D eigenvalue weighted by Crippen LogP contribution is 2.21. The minimum absolute atomic E-state index is 0.115. The van der Waals surface area contributed by atoms with Crippen molar-refractivity contribution in [2.45, 2.75) is 16.7 Å². The molecule has 0 aliphatic carbocycles. The van der Waals surface area contributed by atoms with Crippen LogP contribution >= 0.6 is 11.3 Å². The normalized spacial score (nSPS) is 12.4. The van der Waals surface area contributed by atoms with E-state index >= 15 is 0 Å². The summed E-state index contributed by atoms with van der Waals surface area (Å²) < 4.78 is 27.7. The molecule has 1 atom stereocenters. The number of hydrogen-bond donors (Lipinski definition) is 2. The van der Waals surface area contributed by atoms with Gasteiger partial charge in [0.15, 0.2) is 0 Å². The highest BCUT2D eigenvalue weighted by molar-refractivity contribution is 7.91. The van der Waals surface area contributed by atoms with Crippen molar-refractivity contribution < 1.29 is 18.3 Å². The Morgan fingerprint density at radius 3 is 2.50 bits per heavy atom. The molecule has 0 spiro atoms. The molecule has 1 aromatic heterocycles. The van der Waals surface area contributed by atoms with Gasteiger partial charge in [-0.2, -0.15) is 0 Å². The summed E-state index contributed by atoms with van der Waals surface area (Å²) in [7, 11) is -0.291. The van der Waals surface area contributed by atoms with Crippen LogP contribution in [-0.4, -0.2) is 51.1 Å². The van der Waals surface area contributed by atoms with Crippen molar-refractivity contribution in [3.05, 3.63) is 52.9 Å². The predicted octanol–water partition coefficient (Wildman–Crippen LogP) is 1.83. The SMILES string of the molecule is CN(C)CC(CC(=O)O)NS(=O)(=O)c1ccc(C#Cc2ccccc2)s1. The first kappa shape index (κ1) is 20.1. The van der Waals surface area contributed by atoms with E-state index in [0.29, 0.717) is 4.88 Å². The van der Waals surface area contributed by atoms with Gasteiger partial charge in [-0.25, -0.2) is 13.1 Å². The summed E-state index contributed by atoms with van der Waals surface area (Å²) >= 11 is 1.05. The molecule has 1 aromatic carbocycles. The Bertz CT molecular complexity index is 909. The molecule has 1 heterocycles. The molecule has 1 unspecified atom stereocenters. The molecule has 2 rings (SSSR count). The molecule has 0 fully saturated rings. The molecule has 0 amide bonds. The van der Waals surface area contributed by atoms with E-state index in [0.717, 1.165) is 16.9 Å². The van der Waals surface area contributed by atoms with Crippen LogP contribution in [0.3, 0.4) is 0 Å². The molecule has 0 aliphatic rings. The van der Waals surface area contributed by atoms with Crippen LogP contribution in [0.5, 0.6) is 0 Å². The molecule has 0 saturated heterocycles. The Balaban J connectivity index is 2.15. The third-order valence-electron chi connectivity index (χ3n) is 3.28. The maximum atomic E-state index is 12.5. The molecule has 0 saturated carbocycles. The number of hydrogen-bond acceptors (Lipinski definition) is 5. The smallest absolute Gasteiger partial charge is 0.305 e. The van der Waals surface area contributed by atoms with Gasteiger partial charge in [0, 0.05) is 18.2 Å². The van der Waals surface area contributed by atoms with Crippen molar-refractivity contribution in [2.75, 3.05) is 20.6 Å².